The molecule has 0 fully saturated rings. The predicted octanol–water partition coefficient (Wildman–Crippen LogP) is 1.57. The number of ketones is 1. The number of carbonyl (C=O) groups excluding carboxylic acids is 3. The molecular formula is C13H15ClN2O4. The minimum atomic E-state index is -0.783. The van der Waals surface area contributed by atoms with Crippen LogP contribution in [-0.2, 0) is 14.3 Å². The van der Waals surface area contributed by atoms with Gasteiger partial charge in [0.05, 0.1) is 12.5 Å². The maximum absolute atomic E-state index is 11.6. The highest BCUT2D eigenvalue weighted by Gasteiger charge is 2.20. The summed E-state index contributed by atoms with van der Waals surface area (Å²) in [6, 6.07) is 5.25. The van der Waals surface area contributed by atoms with Crippen molar-refractivity contribution in [2.75, 3.05) is 6.61 Å². The zero-order chi connectivity index (χ0) is 15.1. The number of esters is 1. The van der Waals surface area contributed by atoms with Gasteiger partial charge >= 0.3 is 12.0 Å². The molecule has 1 atom stereocenters. The number of primary amides is 1. The van der Waals surface area contributed by atoms with E-state index in [1.54, 1.807) is 24.3 Å². The molecular weight excluding hydrogens is 284 g/mol. The third-order valence-corrected chi connectivity index (χ3v) is 2.75. The van der Waals surface area contributed by atoms with Crippen LogP contribution in [0.2, 0.25) is 5.02 Å². The van der Waals surface area contributed by atoms with Gasteiger partial charge in [-0.25, -0.2) is 4.79 Å². The molecule has 108 valence electrons. The number of Topliss-reactive ketones (excluding diaryl/α,β-unsaturated/α-hetero) is 1. The van der Waals surface area contributed by atoms with Crippen molar-refractivity contribution in [3.05, 3.63) is 34.9 Å². The van der Waals surface area contributed by atoms with Crippen LogP contribution >= 0.6 is 11.6 Å². The van der Waals surface area contributed by atoms with Crippen LogP contribution in [0.3, 0.4) is 0 Å². The second-order valence-corrected chi connectivity index (χ2v) is 4.56. The van der Waals surface area contributed by atoms with Crippen LogP contribution in [0, 0.1) is 0 Å². The zero-order valence-electron chi connectivity index (χ0n) is 10.9. The summed E-state index contributed by atoms with van der Waals surface area (Å²) >= 11 is 6.02. The first-order chi connectivity index (χ1) is 9.40. The molecule has 3 N–H and O–H groups in total. The van der Waals surface area contributed by atoms with E-state index in [1.165, 1.54) is 6.92 Å². The number of benzene rings is 1. The van der Waals surface area contributed by atoms with Crippen LogP contribution in [0.25, 0.3) is 0 Å². The first kappa shape index (κ1) is 16.0. The van der Waals surface area contributed by atoms with E-state index in [0.29, 0.717) is 10.6 Å². The molecule has 0 bridgehead atoms. The van der Waals surface area contributed by atoms with E-state index in [4.69, 9.17) is 22.1 Å². The normalized spacial score (nSPS) is 11.5. The summed E-state index contributed by atoms with van der Waals surface area (Å²) < 4.78 is 4.75. The second-order valence-electron chi connectivity index (χ2n) is 4.15. The van der Waals surface area contributed by atoms with E-state index >= 15 is 0 Å². The fourth-order valence-electron chi connectivity index (χ4n) is 1.58. The maximum atomic E-state index is 11.6. The minimum absolute atomic E-state index is 0.167. The molecule has 2 amide bonds. The number of hydrogen-bond donors (Lipinski definition) is 2. The van der Waals surface area contributed by atoms with Crippen molar-refractivity contribution in [2.45, 2.75) is 19.4 Å². The SMILES string of the molecule is CC(=O)COC(=O)C[C@H](NC(N)=O)c1ccccc1Cl. The second kappa shape index (κ2) is 7.49. The fraction of sp³-hybridized carbons (Fsp3) is 0.308. The van der Waals surface area contributed by atoms with Gasteiger partial charge in [-0.05, 0) is 18.6 Å². The number of halogens is 1. The standard InChI is InChI=1S/C13H15ClN2O4/c1-8(17)7-20-12(18)6-11(16-13(15)19)9-4-2-3-5-10(9)14/h2-5,11H,6-7H2,1H3,(H3,15,16,19)/t11-/m0/s1. The lowest BCUT2D eigenvalue weighted by molar-refractivity contribution is -0.148. The van der Waals surface area contributed by atoms with Gasteiger partial charge in [0, 0.05) is 5.02 Å². The van der Waals surface area contributed by atoms with Gasteiger partial charge in [0.25, 0.3) is 0 Å². The molecule has 7 heteroatoms. The Morgan fingerprint density at radius 2 is 2.00 bits per heavy atom. The number of amides is 2. The van der Waals surface area contributed by atoms with Crippen LogP contribution in [0.1, 0.15) is 24.9 Å². The van der Waals surface area contributed by atoms with Crippen LogP contribution in [-0.4, -0.2) is 24.4 Å². The Balaban J connectivity index is 2.80. The summed E-state index contributed by atoms with van der Waals surface area (Å²) in [5.41, 5.74) is 5.63. The fourth-order valence-corrected chi connectivity index (χ4v) is 1.84. The third kappa shape index (κ3) is 5.27. The molecule has 1 rings (SSSR count). The van der Waals surface area contributed by atoms with E-state index in [1.807, 2.05) is 0 Å². The van der Waals surface area contributed by atoms with Crippen molar-refractivity contribution in [3.63, 3.8) is 0 Å². The van der Waals surface area contributed by atoms with E-state index < -0.39 is 18.0 Å². The molecule has 0 unspecified atom stereocenters. The summed E-state index contributed by atoms with van der Waals surface area (Å²) in [5.74, 6) is -0.894. The molecule has 1 aromatic rings. The summed E-state index contributed by atoms with van der Waals surface area (Å²) in [6.07, 6.45) is -0.167. The molecule has 20 heavy (non-hydrogen) atoms. The average molecular weight is 299 g/mol. The Morgan fingerprint density at radius 1 is 1.35 bits per heavy atom. The third-order valence-electron chi connectivity index (χ3n) is 2.40. The van der Waals surface area contributed by atoms with Gasteiger partial charge in [-0.2, -0.15) is 0 Å². The largest absolute Gasteiger partial charge is 0.458 e. The maximum Gasteiger partial charge on any atom is 0.312 e. The Kier molecular flexibility index (Phi) is 5.99. The highest BCUT2D eigenvalue weighted by Crippen LogP contribution is 2.25. The average Bonchev–Trinajstić information content (AvgIpc) is 2.35. The van der Waals surface area contributed by atoms with E-state index in [9.17, 15) is 14.4 Å². The Bertz CT molecular complexity index is 519. The van der Waals surface area contributed by atoms with Crippen molar-refractivity contribution in [1.29, 1.82) is 0 Å². The lowest BCUT2D eigenvalue weighted by Gasteiger charge is -2.18. The van der Waals surface area contributed by atoms with Crippen LogP contribution in [0.5, 0.6) is 0 Å². The number of urea groups is 1. The summed E-state index contributed by atoms with van der Waals surface area (Å²) in [6.45, 7) is 1.01. The minimum Gasteiger partial charge on any atom is -0.458 e. The van der Waals surface area contributed by atoms with Crippen LogP contribution < -0.4 is 11.1 Å². The number of nitrogens with one attached hydrogen (secondary N) is 1. The first-order valence-corrected chi connectivity index (χ1v) is 6.23. The van der Waals surface area contributed by atoms with Gasteiger partial charge in [0.1, 0.15) is 6.61 Å². The number of hydrogen-bond acceptors (Lipinski definition) is 4. The Morgan fingerprint density at radius 3 is 2.55 bits per heavy atom. The number of ether oxygens (including phenoxy) is 1. The van der Waals surface area contributed by atoms with Crippen LogP contribution in [0.4, 0.5) is 4.79 Å². The molecule has 0 heterocycles. The van der Waals surface area contributed by atoms with Gasteiger partial charge in [0.15, 0.2) is 5.78 Å². The van der Waals surface area contributed by atoms with Gasteiger partial charge in [-0.1, -0.05) is 29.8 Å². The van der Waals surface area contributed by atoms with E-state index in [2.05, 4.69) is 5.32 Å². The summed E-state index contributed by atoms with van der Waals surface area (Å²) in [5, 5.41) is 2.82. The smallest absolute Gasteiger partial charge is 0.312 e. The zero-order valence-corrected chi connectivity index (χ0v) is 11.6. The molecule has 6 nitrogen and oxygen atoms in total. The Labute approximate surface area is 121 Å². The molecule has 0 spiro atoms. The molecule has 0 aliphatic carbocycles. The highest BCUT2D eigenvalue weighted by molar-refractivity contribution is 6.31. The quantitative estimate of drug-likeness (QED) is 0.779. The van der Waals surface area contributed by atoms with Crippen molar-refractivity contribution < 1.29 is 19.1 Å². The lowest BCUT2D eigenvalue weighted by atomic mass is 10.0. The number of nitrogens with two attached hydrogens (primary N) is 1. The molecule has 0 aromatic heterocycles. The monoisotopic (exact) mass is 298 g/mol. The Hall–Kier alpha value is -2.08. The molecule has 0 saturated heterocycles. The van der Waals surface area contributed by atoms with Crippen molar-refractivity contribution in [3.8, 4) is 0 Å². The topological polar surface area (TPSA) is 98.5 Å². The van der Waals surface area contributed by atoms with Gasteiger partial charge in [0.2, 0.25) is 0 Å². The molecule has 0 aliphatic heterocycles. The van der Waals surface area contributed by atoms with Crippen LogP contribution in [0.15, 0.2) is 24.3 Å². The van der Waals surface area contributed by atoms with Crippen molar-refractivity contribution in [1.82, 2.24) is 5.32 Å². The summed E-state index contributed by atoms with van der Waals surface area (Å²) in [7, 11) is 0. The van der Waals surface area contributed by atoms with Crippen molar-refractivity contribution in [2.24, 2.45) is 5.73 Å². The van der Waals surface area contributed by atoms with E-state index in [0.717, 1.165) is 0 Å². The molecule has 1 aromatic carbocycles. The molecule has 0 aliphatic rings. The molecule has 0 saturated carbocycles. The van der Waals surface area contributed by atoms with Gasteiger partial charge in [-0.3, -0.25) is 9.59 Å². The number of rotatable bonds is 6. The molecule has 0 radical (unpaired) electrons. The van der Waals surface area contributed by atoms with Gasteiger partial charge in [-0.15, -0.1) is 0 Å². The van der Waals surface area contributed by atoms with Crippen molar-refractivity contribution >= 4 is 29.4 Å². The summed E-state index contributed by atoms with van der Waals surface area (Å²) in [4.78, 5) is 33.4. The highest BCUT2D eigenvalue weighted by atomic mass is 35.5. The van der Waals surface area contributed by atoms with E-state index in [-0.39, 0.29) is 18.8 Å². The first-order valence-electron chi connectivity index (χ1n) is 5.85. The lowest BCUT2D eigenvalue weighted by Crippen LogP contribution is -2.35. The van der Waals surface area contributed by atoms with Gasteiger partial charge < -0.3 is 15.8 Å². The predicted molar refractivity (Wildman–Crippen MR) is 73.2 cm³/mol. The number of carbonyl (C=O) groups is 3.